The van der Waals surface area contributed by atoms with Crippen molar-refractivity contribution < 1.29 is 21.6 Å². The van der Waals surface area contributed by atoms with E-state index in [4.69, 9.17) is 5.26 Å². The summed E-state index contributed by atoms with van der Waals surface area (Å²) in [5.74, 6) is 0. The van der Waals surface area contributed by atoms with E-state index in [-0.39, 0.29) is 6.42 Å². The van der Waals surface area contributed by atoms with E-state index in [1.54, 1.807) is 28.9 Å². The van der Waals surface area contributed by atoms with Crippen molar-refractivity contribution in [3.05, 3.63) is 36.9 Å². The summed E-state index contributed by atoms with van der Waals surface area (Å²) in [6.07, 6.45) is 4.24. The summed E-state index contributed by atoms with van der Waals surface area (Å²) in [6.45, 7) is -0.978. The average molecular weight is 411 g/mol. The van der Waals surface area contributed by atoms with Crippen LogP contribution in [0.15, 0.2) is 36.9 Å². The molecule has 1 aliphatic rings. The summed E-state index contributed by atoms with van der Waals surface area (Å²) >= 11 is 0. The van der Waals surface area contributed by atoms with Crippen molar-refractivity contribution in [1.82, 2.24) is 28.7 Å². The Bertz CT molecular complexity index is 1190. The minimum atomic E-state index is -5.44. The fourth-order valence-electron chi connectivity index (χ4n) is 3.19. The number of hydrogen-bond donors (Lipinski definition) is 0. The van der Waals surface area contributed by atoms with Gasteiger partial charge >= 0.3 is 15.5 Å². The number of rotatable bonds is 4. The van der Waals surface area contributed by atoms with Crippen LogP contribution in [0.3, 0.4) is 0 Å². The van der Waals surface area contributed by atoms with Crippen LogP contribution in [0.25, 0.3) is 16.9 Å². The summed E-state index contributed by atoms with van der Waals surface area (Å²) in [5.41, 5.74) is -4.70. The van der Waals surface area contributed by atoms with Crippen molar-refractivity contribution in [2.24, 2.45) is 0 Å². The Kier molecular flexibility index (Phi) is 3.95. The third-order valence-electron chi connectivity index (χ3n) is 4.65. The molecule has 0 spiro atoms. The topological polar surface area (TPSA) is 109 Å². The fraction of sp³-hybridized carbons (Fsp3) is 0.333. The maximum atomic E-state index is 12.8. The van der Waals surface area contributed by atoms with Gasteiger partial charge in [-0.1, -0.05) is 6.07 Å². The maximum absolute atomic E-state index is 12.8. The summed E-state index contributed by atoms with van der Waals surface area (Å²) in [6, 6.07) is 7.19. The first-order valence-corrected chi connectivity index (χ1v) is 9.40. The quantitative estimate of drug-likeness (QED) is 0.641. The third-order valence-corrected chi connectivity index (χ3v) is 6.17. The van der Waals surface area contributed by atoms with Gasteiger partial charge in [-0.05, 0) is 12.1 Å². The highest BCUT2D eigenvalue weighted by Gasteiger charge is 2.59. The van der Waals surface area contributed by atoms with Crippen LogP contribution >= 0.6 is 0 Å². The predicted octanol–water partition coefficient (Wildman–Crippen LogP) is 1.37. The number of pyridine rings is 1. The molecule has 0 amide bonds. The Balaban J connectivity index is 1.67. The summed E-state index contributed by atoms with van der Waals surface area (Å²) in [4.78, 5) is 4.08. The molecule has 13 heteroatoms. The van der Waals surface area contributed by atoms with E-state index in [1.807, 2.05) is 6.07 Å². The van der Waals surface area contributed by atoms with Crippen LogP contribution in [0.4, 0.5) is 13.2 Å². The van der Waals surface area contributed by atoms with Gasteiger partial charge in [0, 0.05) is 24.8 Å². The van der Waals surface area contributed by atoms with Crippen molar-refractivity contribution in [2.45, 2.75) is 17.5 Å². The smallest absolute Gasteiger partial charge is 0.262 e. The SMILES string of the molecule is N#CCC1(n2cc(-c3cccc4ncnn34)cn2)CN(S(=O)(=O)C(F)(F)F)C1. The molecule has 0 radical (unpaired) electrons. The normalized spacial score (nSPS) is 17.4. The molecule has 1 saturated heterocycles. The third kappa shape index (κ3) is 2.64. The zero-order chi connectivity index (χ0) is 20.2. The Hall–Kier alpha value is -2.98. The fourth-order valence-corrected chi connectivity index (χ4v) is 4.30. The van der Waals surface area contributed by atoms with Crippen LogP contribution in [0.2, 0.25) is 0 Å². The first-order chi connectivity index (χ1) is 13.2. The summed E-state index contributed by atoms with van der Waals surface area (Å²) in [7, 11) is -5.44. The van der Waals surface area contributed by atoms with E-state index in [1.165, 1.54) is 17.2 Å². The molecular formula is C15H12F3N7O2S. The molecule has 0 aromatic carbocycles. The molecule has 0 saturated carbocycles. The van der Waals surface area contributed by atoms with Crippen molar-refractivity contribution in [3.8, 4) is 17.3 Å². The highest BCUT2D eigenvalue weighted by molar-refractivity contribution is 7.90. The predicted molar refractivity (Wildman–Crippen MR) is 89.0 cm³/mol. The number of sulfonamides is 1. The molecule has 1 fully saturated rings. The van der Waals surface area contributed by atoms with Crippen molar-refractivity contribution in [2.75, 3.05) is 13.1 Å². The van der Waals surface area contributed by atoms with Crippen LogP contribution in [0.1, 0.15) is 6.42 Å². The van der Waals surface area contributed by atoms with Gasteiger partial charge < -0.3 is 0 Å². The number of nitrogens with zero attached hydrogens (tertiary/aromatic N) is 7. The van der Waals surface area contributed by atoms with E-state index in [2.05, 4.69) is 15.2 Å². The second kappa shape index (κ2) is 6.01. The highest BCUT2D eigenvalue weighted by Crippen LogP contribution is 2.39. The van der Waals surface area contributed by atoms with E-state index in [0.717, 1.165) is 0 Å². The van der Waals surface area contributed by atoms with Gasteiger partial charge in [0.05, 0.1) is 24.4 Å². The van der Waals surface area contributed by atoms with E-state index in [9.17, 15) is 21.6 Å². The standard InChI is InChI=1S/C15H12F3N7O2S/c16-15(17,18)28(26,27)23-8-14(9-23,4-5-19)24-7-11(6-21-24)12-2-1-3-13-20-10-22-25(12)13/h1-3,6-7,10H,4,8-9H2. The molecular weight excluding hydrogens is 399 g/mol. The molecule has 146 valence electrons. The van der Waals surface area contributed by atoms with Crippen molar-refractivity contribution >= 4 is 15.7 Å². The van der Waals surface area contributed by atoms with Gasteiger partial charge in [0.1, 0.15) is 11.9 Å². The Morgan fingerprint density at radius 2 is 2.00 bits per heavy atom. The second-order valence-electron chi connectivity index (χ2n) is 6.39. The van der Waals surface area contributed by atoms with Gasteiger partial charge in [0.2, 0.25) is 0 Å². The molecule has 4 rings (SSSR count). The monoisotopic (exact) mass is 411 g/mol. The van der Waals surface area contributed by atoms with Crippen LogP contribution in [-0.4, -0.2) is 55.7 Å². The molecule has 3 aromatic heterocycles. The van der Waals surface area contributed by atoms with Gasteiger partial charge in [-0.2, -0.15) is 32.9 Å². The lowest BCUT2D eigenvalue weighted by atomic mass is 9.89. The zero-order valence-electron chi connectivity index (χ0n) is 14.1. The first kappa shape index (κ1) is 18.4. The van der Waals surface area contributed by atoms with Gasteiger partial charge in [-0.3, -0.25) is 4.68 Å². The van der Waals surface area contributed by atoms with Gasteiger partial charge in [-0.25, -0.2) is 17.9 Å². The minimum Gasteiger partial charge on any atom is -0.262 e. The molecule has 3 aromatic rings. The lowest BCUT2D eigenvalue weighted by Crippen LogP contribution is -2.65. The Labute approximate surface area is 156 Å². The van der Waals surface area contributed by atoms with E-state index < -0.39 is 34.2 Å². The van der Waals surface area contributed by atoms with Crippen molar-refractivity contribution in [1.29, 1.82) is 5.26 Å². The average Bonchev–Trinajstić information content (AvgIpc) is 3.25. The largest absolute Gasteiger partial charge is 0.511 e. The second-order valence-corrected chi connectivity index (χ2v) is 8.32. The number of halogens is 3. The summed E-state index contributed by atoms with van der Waals surface area (Å²) in [5, 5.41) is 17.4. The van der Waals surface area contributed by atoms with Crippen LogP contribution in [0.5, 0.6) is 0 Å². The zero-order valence-corrected chi connectivity index (χ0v) is 14.9. The lowest BCUT2D eigenvalue weighted by molar-refractivity contribution is -0.0565. The molecule has 0 atom stereocenters. The number of fused-ring (bicyclic) bond motifs is 1. The van der Waals surface area contributed by atoms with E-state index in [0.29, 0.717) is 21.2 Å². The Morgan fingerprint density at radius 1 is 1.25 bits per heavy atom. The van der Waals surface area contributed by atoms with Gasteiger partial charge in [-0.15, -0.1) is 0 Å². The molecule has 4 heterocycles. The molecule has 0 N–H and O–H groups in total. The molecule has 1 aliphatic heterocycles. The molecule has 0 aliphatic carbocycles. The molecule has 0 unspecified atom stereocenters. The van der Waals surface area contributed by atoms with Gasteiger partial charge in [0.25, 0.3) is 0 Å². The minimum absolute atomic E-state index is 0.189. The number of aromatic nitrogens is 5. The first-order valence-electron chi connectivity index (χ1n) is 7.96. The lowest BCUT2D eigenvalue weighted by Gasteiger charge is -2.47. The number of nitriles is 1. The molecule has 28 heavy (non-hydrogen) atoms. The Morgan fingerprint density at radius 3 is 2.68 bits per heavy atom. The highest BCUT2D eigenvalue weighted by atomic mass is 32.2. The molecule has 9 nitrogen and oxygen atoms in total. The van der Waals surface area contributed by atoms with Gasteiger partial charge in [0.15, 0.2) is 5.65 Å². The number of alkyl halides is 3. The summed E-state index contributed by atoms with van der Waals surface area (Å²) < 4.78 is 64.6. The van der Waals surface area contributed by atoms with Crippen LogP contribution < -0.4 is 0 Å². The maximum Gasteiger partial charge on any atom is 0.511 e. The van der Waals surface area contributed by atoms with Crippen LogP contribution in [-0.2, 0) is 15.6 Å². The number of hydrogen-bond acceptors (Lipinski definition) is 6. The molecule has 0 bridgehead atoms. The van der Waals surface area contributed by atoms with Crippen LogP contribution in [0, 0.1) is 11.3 Å². The van der Waals surface area contributed by atoms with E-state index >= 15 is 0 Å². The van der Waals surface area contributed by atoms with Crippen molar-refractivity contribution in [3.63, 3.8) is 0 Å².